The number of nitrogens with two attached hydrogens (primary N) is 1. The molecule has 0 aliphatic rings. The Morgan fingerprint density at radius 3 is 2.38 bits per heavy atom. The molecule has 5 heteroatoms. The van der Waals surface area contributed by atoms with Crippen LogP contribution in [-0.2, 0) is 6.42 Å². The van der Waals surface area contributed by atoms with Crippen LogP contribution in [0.15, 0.2) is 79.0 Å². The number of nitrogen functional groups attached to an aromatic ring is 1. The summed E-state index contributed by atoms with van der Waals surface area (Å²) in [5.74, 6) is -0.559. The summed E-state index contributed by atoms with van der Waals surface area (Å²) in [7, 11) is 0. The minimum Gasteiger partial charge on any atom is -0.396 e. The number of para-hydroxylation sites is 1. The van der Waals surface area contributed by atoms with E-state index in [0.29, 0.717) is 22.3 Å². The first kappa shape index (κ1) is 18.5. The maximum atomic E-state index is 13.2. The fraction of sp³-hybridized carbons (Fsp3) is 0.0833. The Morgan fingerprint density at radius 2 is 1.62 bits per heavy atom. The van der Waals surface area contributed by atoms with E-state index in [1.165, 1.54) is 0 Å². The van der Waals surface area contributed by atoms with E-state index in [-0.39, 0.29) is 17.4 Å². The van der Waals surface area contributed by atoms with E-state index in [1.807, 2.05) is 49.4 Å². The number of rotatable bonds is 5. The van der Waals surface area contributed by atoms with E-state index in [0.717, 1.165) is 17.7 Å². The van der Waals surface area contributed by atoms with Crippen LogP contribution >= 0.6 is 0 Å². The van der Waals surface area contributed by atoms with Crippen LogP contribution in [0.25, 0.3) is 5.52 Å². The highest BCUT2D eigenvalue weighted by atomic mass is 16.2. The average molecular weight is 383 g/mol. The third-order valence-corrected chi connectivity index (χ3v) is 5.01. The molecule has 4 aromatic rings. The first-order valence-electron chi connectivity index (χ1n) is 9.49. The number of anilines is 2. The van der Waals surface area contributed by atoms with Gasteiger partial charge in [0.2, 0.25) is 5.78 Å². The fourth-order valence-electron chi connectivity index (χ4n) is 3.56. The summed E-state index contributed by atoms with van der Waals surface area (Å²) in [4.78, 5) is 26.3. The predicted molar refractivity (Wildman–Crippen MR) is 115 cm³/mol. The van der Waals surface area contributed by atoms with Gasteiger partial charge in [-0.1, -0.05) is 61.5 Å². The Balaban J connectivity index is 1.83. The molecule has 0 atom stereocenters. The lowest BCUT2D eigenvalue weighted by atomic mass is 10.1. The second-order valence-electron chi connectivity index (χ2n) is 6.75. The highest BCUT2D eigenvalue weighted by Gasteiger charge is 2.26. The number of ketones is 1. The monoisotopic (exact) mass is 383 g/mol. The molecule has 0 bridgehead atoms. The number of pyridine rings is 1. The van der Waals surface area contributed by atoms with Gasteiger partial charge in [0.05, 0.1) is 16.8 Å². The Morgan fingerprint density at radius 1 is 0.931 bits per heavy atom. The number of benzene rings is 2. The molecule has 29 heavy (non-hydrogen) atoms. The molecule has 3 N–H and O–H groups in total. The smallest absolute Gasteiger partial charge is 0.259 e. The van der Waals surface area contributed by atoms with Crippen LogP contribution in [-0.4, -0.2) is 16.1 Å². The molecule has 1 amide bonds. The van der Waals surface area contributed by atoms with Crippen molar-refractivity contribution in [2.24, 2.45) is 0 Å². The standard InChI is InChI=1S/C24H21N3O2/c1-2-16-10-6-7-13-18(16)26-24(29)20-19-14-8-9-15-27(19)22(21(20)25)23(28)17-11-4-3-5-12-17/h3-15H,2,25H2,1H3,(H,26,29). The first-order chi connectivity index (χ1) is 14.1. The largest absolute Gasteiger partial charge is 0.396 e. The van der Waals surface area contributed by atoms with Gasteiger partial charge in [0.15, 0.2) is 0 Å². The highest BCUT2D eigenvalue weighted by Crippen LogP contribution is 2.29. The molecule has 0 saturated carbocycles. The van der Waals surface area contributed by atoms with Gasteiger partial charge in [0.1, 0.15) is 5.69 Å². The summed E-state index contributed by atoms with van der Waals surface area (Å²) in [6, 6.07) is 22.0. The van der Waals surface area contributed by atoms with Crippen molar-refractivity contribution in [2.45, 2.75) is 13.3 Å². The molecular weight excluding hydrogens is 362 g/mol. The average Bonchev–Trinajstić information content (AvgIpc) is 3.06. The molecular formula is C24H21N3O2. The summed E-state index contributed by atoms with van der Waals surface area (Å²) in [5, 5.41) is 2.96. The second-order valence-corrected chi connectivity index (χ2v) is 6.75. The van der Waals surface area contributed by atoms with Crippen molar-refractivity contribution in [2.75, 3.05) is 11.1 Å². The number of carbonyl (C=O) groups is 2. The Bertz CT molecular complexity index is 1210. The van der Waals surface area contributed by atoms with E-state index < -0.39 is 0 Å². The summed E-state index contributed by atoms with van der Waals surface area (Å²) < 4.78 is 1.69. The summed E-state index contributed by atoms with van der Waals surface area (Å²) in [5.41, 5.74) is 10.0. The van der Waals surface area contributed by atoms with E-state index in [1.54, 1.807) is 40.9 Å². The molecule has 0 unspecified atom stereocenters. The van der Waals surface area contributed by atoms with Gasteiger partial charge in [-0.2, -0.15) is 0 Å². The van der Waals surface area contributed by atoms with Crippen molar-refractivity contribution in [3.63, 3.8) is 0 Å². The molecule has 2 aromatic heterocycles. The molecule has 2 aromatic carbocycles. The molecule has 0 radical (unpaired) electrons. The molecule has 0 spiro atoms. The summed E-state index contributed by atoms with van der Waals surface area (Å²) >= 11 is 0. The fourth-order valence-corrected chi connectivity index (χ4v) is 3.56. The van der Waals surface area contributed by atoms with Crippen LogP contribution in [0.5, 0.6) is 0 Å². The van der Waals surface area contributed by atoms with Gasteiger partial charge >= 0.3 is 0 Å². The number of aryl methyl sites for hydroxylation is 1. The van der Waals surface area contributed by atoms with Crippen molar-refractivity contribution < 1.29 is 9.59 Å². The molecule has 0 aliphatic heterocycles. The van der Waals surface area contributed by atoms with E-state index >= 15 is 0 Å². The van der Waals surface area contributed by atoms with Crippen molar-refractivity contribution >= 4 is 28.6 Å². The van der Waals surface area contributed by atoms with Crippen molar-refractivity contribution in [1.82, 2.24) is 4.40 Å². The third kappa shape index (κ3) is 3.27. The predicted octanol–water partition coefficient (Wildman–Crippen LogP) is 4.57. The van der Waals surface area contributed by atoms with E-state index in [4.69, 9.17) is 5.73 Å². The number of carbonyl (C=O) groups excluding carboxylic acids is 2. The van der Waals surface area contributed by atoms with Crippen molar-refractivity contribution in [3.05, 3.63) is 101 Å². The maximum absolute atomic E-state index is 13.2. The number of nitrogens with zero attached hydrogens (tertiary/aromatic N) is 1. The number of hydrogen-bond acceptors (Lipinski definition) is 3. The molecule has 4 rings (SSSR count). The molecule has 144 valence electrons. The van der Waals surface area contributed by atoms with Gasteiger partial charge in [-0.3, -0.25) is 9.59 Å². The number of fused-ring (bicyclic) bond motifs is 1. The van der Waals surface area contributed by atoms with Crippen LogP contribution in [0.3, 0.4) is 0 Å². The lowest BCUT2D eigenvalue weighted by molar-refractivity contribution is 0.102. The molecule has 0 saturated heterocycles. The van der Waals surface area contributed by atoms with Gasteiger partial charge in [-0.05, 0) is 30.2 Å². The van der Waals surface area contributed by atoms with E-state index in [9.17, 15) is 9.59 Å². The zero-order valence-electron chi connectivity index (χ0n) is 16.1. The topological polar surface area (TPSA) is 76.6 Å². The number of aromatic nitrogens is 1. The number of amides is 1. The Labute approximate surface area is 168 Å². The summed E-state index contributed by atoms with van der Waals surface area (Å²) in [6.45, 7) is 2.03. The lowest BCUT2D eigenvalue weighted by Gasteiger charge is -2.10. The summed E-state index contributed by atoms with van der Waals surface area (Å²) in [6.07, 6.45) is 2.54. The SMILES string of the molecule is CCc1ccccc1NC(=O)c1c(N)c(C(=O)c2ccccc2)n2ccccc12. The zero-order valence-corrected chi connectivity index (χ0v) is 16.1. The molecule has 5 nitrogen and oxygen atoms in total. The van der Waals surface area contributed by atoms with Crippen LogP contribution in [0.4, 0.5) is 11.4 Å². The first-order valence-corrected chi connectivity index (χ1v) is 9.49. The van der Waals surface area contributed by atoms with Gasteiger partial charge in [0, 0.05) is 17.4 Å². The van der Waals surface area contributed by atoms with Gasteiger partial charge < -0.3 is 15.5 Å². The van der Waals surface area contributed by atoms with Crippen LogP contribution in [0.2, 0.25) is 0 Å². The van der Waals surface area contributed by atoms with E-state index in [2.05, 4.69) is 5.32 Å². The minimum absolute atomic E-state index is 0.177. The van der Waals surface area contributed by atoms with Crippen LogP contribution < -0.4 is 11.1 Å². The molecule has 0 fully saturated rings. The lowest BCUT2D eigenvalue weighted by Crippen LogP contribution is -2.15. The zero-order chi connectivity index (χ0) is 20.4. The normalized spacial score (nSPS) is 10.8. The van der Waals surface area contributed by atoms with Crippen LogP contribution in [0, 0.1) is 0 Å². The highest BCUT2D eigenvalue weighted by molar-refractivity contribution is 6.20. The minimum atomic E-state index is -0.334. The number of nitrogens with one attached hydrogen (secondary N) is 1. The third-order valence-electron chi connectivity index (χ3n) is 5.01. The van der Waals surface area contributed by atoms with Gasteiger partial charge in [-0.15, -0.1) is 0 Å². The van der Waals surface area contributed by atoms with Crippen LogP contribution in [0.1, 0.15) is 38.9 Å². The maximum Gasteiger partial charge on any atom is 0.259 e. The molecule has 2 heterocycles. The van der Waals surface area contributed by atoms with Crippen molar-refractivity contribution in [3.8, 4) is 0 Å². The molecule has 0 aliphatic carbocycles. The Hall–Kier alpha value is -3.86. The van der Waals surface area contributed by atoms with Gasteiger partial charge in [0.25, 0.3) is 5.91 Å². The van der Waals surface area contributed by atoms with Gasteiger partial charge in [-0.25, -0.2) is 0 Å². The second kappa shape index (κ2) is 7.64. The Kier molecular flexibility index (Phi) is 4.87. The number of hydrogen-bond donors (Lipinski definition) is 2. The quantitative estimate of drug-likeness (QED) is 0.496. The van der Waals surface area contributed by atoms with Crippen molar-refractivity contribution in [1.29, 1.82) is 0 Å².